The molecule has 0 aliphatic carbocycles. The summed E-state index contributed by atoms with van der Waals surface area (Å²) in [7, 11) is 0. The van der Waals surface area contributed by atoms with Crippen LogP contribution in [0.1, 0.15) is 19.4 Å². The summed E-state index contributed by atoms with van der Waals surface area (Å²) in [4.78, 5) is 13.9. The number of hydrogen-bond acceptors (Lipinski definition) is 5. The van der Waals surface area contributed by atoms with Crippen molar-refractivity contribution in [3.63, 3.8) is 0 Å². The van der Waals surface area contributed by atoms with Crippen molar-refractivity contribution in [2.24, 2.45) is 5.10 Å². The number of hydrazone groups is 1. The fraction of sp³-hybridized carbons (Fsp3) is 0.263. The average Bonchev–Trinajstić information content (AvgIpc) is 2.63. The van der Waals surface area contributed by atoms with Gasteiger partial charge in [0.1, 0.15) is 11.5 Å². The number of phenolic OH excluding ortho intramolecular Hbond substituents is 1. The highest BCUT2D eigenvalue weighted by Gasteiger charge is 2.07. The van der Waals surface area contributed by atoms with Crippen LogP contribution in [0, 0.1) is 0 Å². The number of hydrogen-bond donors (Lipinski definition) is 2. The minimum atomic E-state index is -0.462. The Morgan fingerprint density at radius 2 is 1.96 bits per heavy atom. The van der Waals surface area contributed by atoms with E-state index in [4.69, 9.17) is 27.9 Å². The molecule has 0 aliphatic heterocycles. The van der Waals surface area contributed by atoms with Crippen molar-refractivity contribution in [2.75, 3.05) is 24.6 Å². The predicted octanol–water partition coefficient (Wildman–Crippen LogP) is 4.07. The molecule has 0 spiro atoms. The van der Waals surface area contributed by atoms with Gasteiger partial charge in [-0.2, -0.15) is 5.10 Å². The number of aromatic hydroxyl groups is 1. The maximum absolute atomic E-state index is 11.8. The number of nitrogens with zero attached hydrogens (tertiary/aromatic N) is 2. The lowest BCUT2D eigenvalue weighted by molar-refractivity contribution is -0.123. The summed E-state index contributed by atoms with van der Waals surface area (Å²) < 4.78 is 5.32. The van der Waals surface area contributed by atoms with Crippen LogP contribution >= 0.6 is 23.2 Å². The van der Waals surface area contributed by atoms with Crippen molar-refractivity contribution in [1.29, 1.82) is 0 Å². The summed E-state index contributed by atoms with van der Waals surface area (Å²) in [6, 6.07) is 10.0. The molecule has 2 aromatic rings. The van der Waals surface area contributed by atoms with Crippen LogP contribution in [0.4, 0.5) is 5.69 Å². The third-order valence-electron chi connectivity index (χ3n) is 3.79. The Kier molecular flexibility index (Phi) is 7.76. The quantitative estimate of drug-likeness (QED) is 0.508. The zero-order valence-corrected chi connectivity index (χ0v) is 16.6. The van der Waals surface area contributed by atoms with Crippen LogP contribution in [-0.4, -0.2) is 36.9 Å². The van der Waals surface area contributed by atoms with Gasteiger partial charge in [-0.1, -0.05) is 23.2 Å². The zero-order chi connectivity index (χ0) is 19.8. The smallest absolute Gasteiger partial charge is 0.277 e. The molecule has 0 unspecified atom stereocenters. The molecular weight excluding hydrogens is 389 g/mol. The van der Waals surface area contributed by atoms with Crippen LogP contribution < -0.4 is 15.1 Å². The van der Waals surface area contributed by atoms with Crippen LogP contribution in [0.25, 0.3) is 0 Å². The van der Waals surface area contributed by atoms with E-state index in [1.54, 1.807) is 24.3 Å². The standard InChI is InChI=1S/C19H21Cl2N3O3/c1-3-24(4-2)15-7-5-13(17(25)10-15)11-22-23-19(26)12-27-18-8-6-14(20)9-16(18)21/h5-11,25H,3-4,12H2,1-2H3,(H,23,26)/b22-11+. The Labute approximate surface area is 168 Å². The summed E-state index contributed by atoms with van der Waals surface area (Å²) >= 11 is 11.8. The van der Waals surface area contributed by atoms with E-state index in [1.807, 2.05) is 19.9 Å². The van der Waals surface area contributed by atoms with E-state index in [-0.39, 0.29) is 12.4 Å². The molecule has 0 saturated heterocycles. The molecule has 6 nitrogen and oxygen atoms in total. The first kappa shape index (κ1) is 20.9. The molecule has 0 aromatic heterocycles. The van der Waals surface area contributed by atoms with Gasteiger partial charge in [-0.3, -0.25) is 4.79 Å². The molecule has 0 fully saturated rings. The highest BCUT2D eigenvalue weighted by molar-refractivity contribution is 6.35. The van der Waals surface area contributed by atoms with Crippen LogP contribution in [0.3, 0.4) is 0 Å². The second-order valence-corrected chi connectivity index (χ2v) is 6.42. The van der Waals surface area contributed by atoms with E-state index in [0.29, 0.717) is 21.4 Å². The molecule has 2 aromatic carbocycles. The highest BCUT2D eigenvalue weighted by atomic mass is 35.5. The first-order valence-corrected chi connectivity index (χ1v) is 9.17. The van der Waals surface area contributed by atoms with E-state index in [2.05, 4.69) is 15.4 Å². The van der Waals surface area contributed by atoms with E-state index in [1.165, 1.54) is 12.3 Å². The average molecular weight is 410 g/mol. The lowest BCUT2D eigenvalue weighted by Gasteiger charge is -2.21. The SMILES string of the molecule is CCN(CC)c1ccc(/C=N/NC(=O)COc2ccc(Cl)cc2Cl)c(O)c1. The number of anilines is 1. The molecule has 27 heavy (non-hydrogen) atoms. The van der Waals surface area contributed by atoms with E-state index < -0.39 is 5.91 Å². The van der Waals surface area contributed by atoms with Crippen LogP contribution in [-0.2, 0) is 4.79 Å². The Bertz CT molecular complexity index is 824. The van der Waals surface area contributed by atoms with Crippen molar-refractivity contribution in [2.45, 2.75) is 13.8 Å². The van der Waals surface area contributed by atoms with Crippen LogP contribution in [0.15, 0.2) is 41.5 Å². The topological polar surface area (TPSA) is 74.2 Å². The molecule has 8 heteroatoms. The van der Waals surface area contributed by atoms with Crippen molar-refractivity contribution >= 4 is 41.0 Å². The van der Waals surface area contributed by atoms with Gasteiger partial charge in [-0.05, 0) is 44.2 Å². The number of carbonyl (C=O) groups is 1. The van der Waals surface area contributed by atoms with Crippen LogP contribution in [0.2, 0.25) is 10.0 Å². The van der Waals surface area contributed by atoms with Gasteiger partial charge in [0.2, 0.25) is 0 Å². The Morgan fingerprint density at radius 1 is 1.22 bits per heavy atom. The van der Waals surface area contributed by atoms with Gasteiger partial charge in [0.05, 0.1) is 11.2 Å². The molecule has 2 rings (SSSR count). The number of carbonyl (C=O) groups excluding carboxylic acids is 1. The minimum Gasteiger partial charge on any atom is -0.507 e. The first-order chi connectivity index (χ1) is 12.9. The molecule has 1 amide bonds. The summed E-state index contributed by atoms with van der Waals surface area (Å²) in [6.07, 6.45) is 1.37. The Balaban J connectivity index is 1.90. The number of rotatable bonds is 8. The minimum absolute atomic E-state index is 0.0848. The third kappa shape index (κ3) is 6.05. The monoisotopic (exact) mass is 409 g/mol. The molecule has 2 N–H and O–H groups in total. The molecule has 0 saturated carbocycles. The lowest BCUT2D eigenvalue weighted by atomic mass is 10.2. The Hall–Kier alpha value is -2.44. The molecule has 0 heterocycles. The molecule has 0 atom stereocenters. The van der Waals surface area contributed by atoms with E-state index in [9.17, 15) is 9.90 Å². The molecule has 0 radical (unpaired) electrons. The number of halogens is 2. The van der Waals surface area contributed by atoms with E-state index in [0.717, 1.165) is 18.8 Å². The van der Waals surface area contributed by atoms with Gasteiger partial charge in [0.25, 0.3) is 5.91 Å². The fourth-order valence-electron chi connectivity index (χ4n) is 2.37. The van der Waals surface area contributed by atoms with Crippen molar-refractivity contribution in [3.8, 4) is 11.5 Å². The van der Waals surface area contributed by atoms with Crippen molar-refractivity contribution in [1.82, 2.24) is 5.43 Å². The van der Waals surface area contributed by atoms with Gasteiger partial charge in [0, 0.05) is 35.4 Å². The van der Waals surface area contributed by atoms with Gasteiger partial charge in [0.15, 0.2) is 6.61 Å². The highest BCUT2D eigenvalue weighted by Crippen LogP contribution is 2.27. The van der Waals surface area contributed by atoms with Gasteiger partial charge < -0.3 is 14.7 Å². The normalized spacial score (nSPS) is 10.8. The summed E-state index contributed by atoms with van der Waals surface area (Å²) in [5.74, 6) is -0.0251. The molecule has 144 valence electrons. The zero-order valence-electron chi connectivity index (χ0n) is 15.1. The summed E-state index contributed by atoms with van der Waals surface area (Å²) in [5, 5.41) is 14.8. The second-order valence-electron chi connectivity index (χ2n) is 5.57. The summed E-state index contributed by atoms with van der Waals surface area (Å²) in [5.41, 5.74) is 3.75. The lowest BCUT2D eigenvalue weighted by Crippen LogP contribution is -2.24. The predicted molar refractivity (Wildman–Crippen MR) is 109 cm³/mol. The molecular formula is C19H21Cl2N3O3. The van der Waals surface area contributed by atoms with E-state index >= 15 is 0 Å². The number of benzene rings is 2. The van der Waals surface area contributed by atoms with Gasteiger partial charge in [-0.15, -0.1) is 0 Å². The number of ether oxygens (including phenoxy) is 1. The van der Waals surface area contributed by atoms with Crippen LogP contribution in [0.5, 0.6) is 11.5 Å². The van der Waals surface area contributed by atoms with Gasteiger partial charge >= 0.3 is 0 Å². The number of amides is 1. The largest absolute Gasteiger partial charge is 0.507 e. The Morgan fingerprint density at radius 3 is 2.59 bits per heavy atom. The summed E-state index contributed by atoms with van der Waals surface area (Å²) in [6.45, 7) is 5.52. The van der Waals surface area contributed by atoms with Gasteiger partial charge in [-0.25, -0.2) is 5.43 Å². The number of nitrogens with one attached hydrogen (secondary N) is 1. The fourth-order valence-corrected chi connectivity index (χ4v) is 2.83. The maximum Gasteiger partial charge on any atom is 0.277 e. The maximum atomic E-state index is 11.8. The molecule has 0 aliphatic rings. The van der Waals surface area contributed by atoms with Crippen molar-refractivity contribution < 1.29 is 14.6 Å². The second kappa shape index (κ2) is 10.0. The third-order valence-corrected chi connectivity index (χ3v) is 4.32. The molecule has 0 bridgehead atoms. The number of phenols is 1. The first-order valence-electron chi connectivity index (χ1n) is 8.42. The van der Waals surface area contributed by atoms with Crippen molar-refractivity contribution in [3.05, 3.63) is 52.0 Å².